The van der Waals surface area contributed by atoms with Gasteiger partial charge in [0.2, 0.25) is 5.95 Å². The van der Waals surface area contributed by atoms with Crippen LogP contribution >= 0.6 is 0 Å². The Morgan fingerprint density at radius 3 is 2.81 bits per heavy atom. The van der Waals surface area contributed by atoms with Crippen molar-refractivity contribution in [1.29, 1.82) is 0 Å². The highest BCUT2D eigenvalue weighted by Crippen LogP contribution is 2.42. The van der Waals surface area contributed by atoms with Gasteiger partial charge in [-0.25, -0.2) is 10.8 Å². The highest BCUT2D eigenvalue weighted by atomic mass is 16.1. The first kappa shape index (κ1) is 13.8. The third-order valence-electron chi connectivity index (χ3n) is 4.66. The molecule has 3 N–H and O–H groups in total. The van der Waals surface area contributed by atoms with Crippen molar-refractivity contribution in [2.24, 2.45) is 12.9 Å². The van der Waals surface area contributed by atoms with E-state index in [-0.39, 0.29) is 11.0 Å². The van der Waals surface area contributed by atoms with Gasteiger partial charge in [0, 0.05) is 18.0 Å². The molecule has 0 radical (unpaired) electrons. The van der Waals surface area contributed by atoms with Crippen LogP contribution in [-0.2, 0) is 18.9 Å². The molecule has 5 heteroatoms. The summed E-state index contributed by atoms with van der Waals surface area (Å²) >= 11 is 0. The van der Waals surface area contributed by atoms with Crippen LogP contribution < -0.4 is 16.8 Å². The lowest BCUT2D eigenvalue weighted by atomic mass is 9.69. The summed E-state index contributed by atoms with van der Waals surface area (Å²) in [6.45, 7) is 4.26. The fourth-order valence-electron chi connectivity index (χ4n) is 3.19. The second-order valence-corrected chi connectivity index (χ2v) is 5.92. The molecule has 0 saturated heterocycles. The number of nitrogens with one attached hydrogen (secondary N) is 1. The maximum Gasteiger partial charge on any atom is 0.259 e. The molecule has 0 amide bonds. The first-order chi connectivity index (χ1) is 10.0. The Morgan fingerprint density at radius 1 is 1.43 bits per heavy atom. The van der Waals surface area contributed by atoms with Crippen molar-refractivity contribution in [3.8, 4) is 11.3 Å². The lowest BCUT2D eigenvalue weighted by molar-refractivity contribution is 0.437. The summed E-state index contributed by atoms with van der Waals surface area (Å²) in [5.41, 5.74) is 6.12. The normalized spacial score (nSPS) is 19.8. The van der Waals surface area contributed by atoms with Gasteiger partial charge < -0.3 is 0 Å². The Balaban J connectivity index is 2.43. The number of nitrogens with two attached hydrogens (primary N) is 1. The van der Waals surface area contributed by atoms with E-state index in [1.807, 2.05) is 18.2 Å². The van der Waals surface area contributed by atoms with E-state index in [0.29, 0.717) is 5.95 Å². The number of benzene rings is 1. The lowest BCUT2D eigenvalue weighted by Gasteiger charge is -2.35. The standard InChI is InChI=1S/C16H20N4O/c1-4-16(2)9-10-7-5-6-8-11(10)13-12(16)14(21)20(3)15(18-13)19-17/h5-8H,4,9,17H2,1-3H3,(H,18,19)/t16-/m0/s1. The first-order valence-corrected chi connectivity index (χ1v) is 7.18. The van der Waals surface area contributed by atoms with Crippen LogP contribution in [-0.4, -0.2) is 9.55 Å². The molecule has 21 heavy (non-hydrogen) atoms. The zero-order valence-electron chi connectivity index (χ0n) is 12.6. The largest absolute Gasteiger partial charge is 0.294 e. The van der Waals surface area contributed by atoms with E-state index in [0.717, 1.165) is 29.7 Å². The number of fused-ring (bicyclic) bond motifs is 3. The molecule has 1 aliphatic rings. The minimum absolute atomic E-state index is 0.0215. The molecule has 1 aromatic carbocycles. The molecule has 3 rings (SSSR count). The molecule has 0 fully saturated rings. The van der Waals surface area contributed by atoms with Gasteiger partial charge in [-0.2, -0.15) is 0 Å². The van der Waals surface area contributed by atoms with Crippen LogP contribution in [0.2, 0.25) is 0 Å². The Hall–Kier alpha value is -2.14. The maximum atomic E-state index is 12.8. The third-order valence-corrected chi connectivity index (χ3v) is 4.66. The quantitative estimate of drug-likeness (QED) is 0.653. The number of rotatable bonds is 2. The number of hydrogen-bond donors (Lipinski definition) is 2. The molecule has 0 saturated carbocycles. The summed E-state index contributed by atoms with van der Waals surface area (Å²) < 4.78 is 1.49. The molecule has 1 heterocycles. The van der Waals surface area contributed by atoms with E-state index in [1.54, 1.807) is 7.05 Å². The minimum atomic E-state index is -0.196. The highest BCUT2D eigenvalue weighted by molar-refractivity contribution is 5.72. The van der Waals surface area contributed by atoms with Crippen LogP contribution in [0.1, 0.15) is 31.4 Å². The van der Waals surface area contributed by atoms with Gasteiger partial charge in [0.1, 0.15) is 0 Å². The Bertz CT molecular complexity index is 765. The maximum absolute atomic E-state index is 12.8. The number of anilines is 1. The molecule has 0 aliphatic heterocycles. The highest BCUT2D eigenvalue weighted by Gasteiger charge is 2.37. The molecule has 0 bridgehead atoms. The Labute approximate surface area is 123 Å². The summed E-state index contributed by atoms with van der Waals surface area (Å²) in [6, 6.07) is 8.14. The van der Waals surface area contributed by atoms with Gasteiger partial charge in [-0.15, -0.1) is 0 Å². The van der Waals surface area contributed by atoms with E-state index in [1.165, 1.54) is 10.1 Å². The summed E-state index contributed by atoms with van der Waals surface area (Å²) in [4.78, 5) is 17.4. The molecule has 5 nitrogen and oxygen atoms in total. The predicted molar refractivity (Wildman–Crippen MR) is 84.1 cm³/mol. The van der Waals surface area contributed by atoms with Gasteiger partial charge in [-0.3, -0.25) is 14.8 Å². The molecule has 1 atom stereocenters. The van der Waals surface area contributed by atoms with Crippen LogP contribution in [0.3, 0.4) is 0 Å². The van der Waals surface area contributed by atoms with Gasteiger partial charge in [0.15, 0.2) is 0 Å². The second kappa shape index (κ2) is 4.70. The fourth-order valence-corrected chi connectivity index (χ4v) is 3.19. The Kier molecular flexibility index (Phi) is 3.10. The van der Waals surface area contributed by atoms with Gasteiger partial charge in [0.25, 0.3) is 5.56 Å². The van der Waals surface area contributed by atoms with E-state index >= 15 is 0 Å². The van der Waals surface area contributed by atoms with Gasteiger partial charge >= 0.3 is 0 Å². The van der Waals surface area contributed by atoms with Crippen molar-refractivity contribution >= 4 is 5.95 Å². The van der Waals surface area contributed by atoms with Crippen LogP contribution in [0.15, 0.2) is 29.1 Å². The number of nitrogen functional groups attached to an aromatic ring is 1. The summed E-state index contributed by atoms with van der Waals surface area (Å²) in [5.74, 6) is 5.88. The predicted octanol–water partition coefficient (Wildman–Crippen LogP) is 1.96. The molecular formula is C16H20N4O. The molecule has 1 aromatic heterocycles. The van der Waals surface area contributed by atoms with E-state index in [9.17, 15) is 4.79 Å². The van der Waals surface area contributed by atoms with E-state index < -0.39 is 0 Å². The van der Waals surface area contributed by atoms with Gasteiger partial charge in [0.05, 0.1) is 11.3 Å². The zero-order valence-corrected chi connectivity index (χ0v) is 12.6. The lowest BCUT2D eigenvalue weighted by Crippen LogP contribution is -2.39. The average molecular weight is 284 g/mol. The molecular weight excluding hydrogens is 264 g/mol. The summed E-state index contributed by atoms with van der Waals surface area (Å²) in [7, 11) is 1.70. The molecule has 110 valence electrons. The number of hydrogen-bond acceptors (Lipinski definition) is 4. The number of hydrazine groups is 1. The number of nitrogens with zero attached hydrogens (tertiary/aromatic N) is 2. The Morgan fingerprint density at radius 2 is 2.14 bits per heavy atom. The fraction of sp³-hybridized carbons (Fsp3) is 0.375. The van der Waals surface area contributed by atoms with Crippen molar-refractivity contribution in [2.75, 3.05) is 5.43 Å². The van der Waals surface area contributed by atoms with Crippen LogP contribution in [0.5, 0.6) is 0 Å². The van der Waals surface area contributed by atoms with Crippen LogP contribution in [0.4, 0.5) is 5.95 Å². The van der Waals surface area contributed by atoms with E-state index in [4.69, 9.17) is 5.84 Å². The molecule has 0 spiro atoms. The van der Waals surface area contributed by atoms with Crippen molar-refractivity contribution in [2.45, 2.75) is 32.1 Å². The van der Waals surface area contributed by atoms with Crippen molar-refractivity contribution in [1.82, 2.24) is 9.55 Å². The topological polar surface area (TPSA) is 72.9 Å². The summed E-state index contributed by atoms with van der Waals surface area (Å²) in [5, 5.41) is 0. The first-order valence-electron chi connectivity index (χ1n) is 7.18. The number of aromatic nitrogens is 2. The second-order valence-electron chi connectivity index (χ2n) is 5.92. The zero-order chi connectivity index (χ0) is 15.2. The minimum Gasteiger partial charge on any atom is -0.294 e. The van der Waals surface area contributed by atoms with Gasteiger partial charge in [-0.05, 0) is 18.4 Å². The summed E-state index contributed by atoms with van der Waals surface area (Å²) in [6.07, 6.45) is 1.75. The molecule has 1 aliphatic carbocycles. The van der Waals surface area contributed by atoms with E-state index in [2.05, 4.69) is 30.3 Å². The van der Waals surface area contributed by atoms with Gasteiger partial charge in [-0.1, -0.05) is 38.1 Å². The van der Waals surface area contributed by atoms with Crippen molar-refractivity contribution < 1.29 is 0 Å². The smallest absolute Gasteiger partial charge is 0.259 e. The van der Waals surface area contributed by atoms with Crippen molar-refractivity contribution in [3.05, 3.63) is 45.7 Å². The molecule has 0 unspecified atom stereocenters. The van der Waals surface area contributed by atoms with Crippen LogP contribution in [0.25, 0.3) is 11.3 Å². The average Bonchev–Trinajstić information content (AvgIpc) is 2.50. The van der Waals surface area contributed by atoms with Crippen LogP contribution in [0, 0.1) is 0 Å². The third kappa shape index (κ3) is 1.88. The van der Waals surface area contributed by atoms with Crippen molar-refractivity contribution in [3.63, 3.8) is 0 Å². The molecule has 2 aromatic rings. The SMILES string of the molecule is CC[C@@]1(C)Cc2ccccc2-c2nc(NN)n(C)c(=O)c21. The monoisotopic (exact) mass is 284 g/mol.